The molecule has 7 heteroatoms. The van der Waals surface area contributed by atoms with E-state index in [0.717, 1.165) is 18.7 Å². The lowest BCUT2D eigenvalue weighted by atomic mass is 10.5. The number of nitrogens with one attached hydrogen (secondary N) is 3. The molecule has 0 atom stereocenters. The number of nitrogens with two attached hydrogens (primary N) is 1. The second kappa shape index (κ2) is 7.93. The Labute approximate surface area is 87.2 Å². The fourth-order valence-corrected chi connectivity index (χ4v) is 1.17. The molecule has 0 heterocycles. The van der Waals surface area contributed by atoms with Crippen molar-refractivity contribution >= 4 is 35.1 Å². The van der Waals surface area contributed by atoms with Crippen molar-refractivity contribution in [2.24, 2.45) is 5.73 Å². The van der Waals surface area contributed by atoms with Gasteiger partial charge in [0.25, 0.3) is 0 Å². The first-order valence-electron chi connectivity index (χ1n) is 3.75. The number of thioether (sulfide) groups is 1. The molecule has 0 aromatic heterocycles. The number of rotatable bonds is 4. The molecule has 0 aliphatic rings. The van der Waals surface area contributed by atoms with Crippen LogP contribution in [0.2, 0.25) is 0 Å². The van der Waals surface area contributed by atoms with Gasteiger partial charge < -0.3 is 11.1 Å². The molecule has 2 amide bonds. The minimum atomic E-state index is -0.659. The highest BCUT2D eigenvalue weighted by atomic mass is 32.2. The zero-order valence-corrected chi connectivity index (χ0v) is 9.06. The van der Waals surface area contributed by atoms with Crippen LogP contribution < -0.4 is 21.9 Å². The van der Waals surface area contributed by atoms with E-state index in [4.69, 9.17) is 18.0 Å². The van der Waals surface area contributed by atoms with E-state index < -0.39 is 6.03 Å². The van der Waals surface area contributed by atoms with Gasteiger partial charge in [-0.2, -0.15) is 11.8 Å². The van der Waals surface area contributed by atoms with Crippen LogP contribution in [-0.4, -0.2) is 29.7 Å². The highest BCUT2D eigenvalue weighted by Crippen LogP contribution is 1.92. The van der Waals surface area contributed by atoms with Crippen molar-refractivity contribution in [2.45, 2.75) is 6.42 Å². The standard InChI is InChI=1S/C6H14N4OS2/c1-13-4-2-3-8-6(12)10-9-5(7)11/h2-4H2,1H3,(H3,7,9,11)(H2,8,10,12). The summed E-state index contributed by atoms with van der Waals surface area (Å²) in [6.07, 6.45) is 3.07. The molecule has 0 radical (unpaired) electrons. The molecular weight excluding hydrogens is 208 g/mol. The molecule has 0 unspecified atom stereocenters. The lowest BCUT2D eigenvalue weighted by Gasteiger charge is -2.09. The Morgan fingerprint density at radius 3 is 2.77 bits per heavy atom. The molecule has 0 bridgehead atoms. The van der Waals surface area contributed by atoms with Crippen molar-refractivity contribution in [3.63, 3.8) is 0 Å². The third-order valence-corrected chi connectivity index (χ3v) is 2.05. The van der Waals surface area contributed by atoms with Crippen molar-refractivity contribution in [2.75, 3.05) is 18.6 Å². The zero-order chi connectivity index (χ0) is 10.1. The number of urea groups is 1. The first-order valence-corrected chi connectivity index (χ1v) is 5.55. The van der Waals surface area contributed by atoms with Gasteiger partial charge in [0, 0.05) is 6.54 Å². The van der Waals surface area contributed by atoms with Crippen molar-refractivity contribution in [1.82, 2.24) is 16.2 Å². The van der Waals surface area contributed by atoms with E-state index >= 15 is 0 Å². The van der Waals surface area contributed by atoms with E-state index in [0.29, 0.717) is 5.11 Å². The summed E-state index contributed by atoms with van der Waals surface area (Å²) in [5.41, 5.74) is 9.43. The van der Waals surface area contributed by atoms with Crippen LogP contribution in [0.3, 0.4) is 0 Å². The largest absolute Gasteiger partial charge is 0.361 e. The summed E-state index contributed by atoms with van der Waals surface area (Å²) < 4.78 is 0. The first-order chi connectivity index (χ1) is 6.16. The molecule has 13 heavy (non-hydrogen) atoms. The summed E-state index contributed by atoms with van der Waals surface area (Å²) in [5.74, 6) is 1.08. The number of hydrogen-bond acceptors (Lipinski definition) is 3. The van der Waals surface area contributed by atoms with E-state index in [1.165, 1.54) is 0 Å². The molecule has 5 N–H and O–H groups in total. The van der Waals surface area contributed by atoms with Crippen molar-refractivity contribution in [1.29, 1.82) is 0 Å². The van der Waals surface area contributed by atoms with Gasteiger partial charge in [-0.3, -0.25) is 5.43 Å². The molecule has 0 spiro atoms. The number of carbonyl (C=O) groups excluding carboxylic acids is 1. The minimum Gasteiger partial charge on any atom is -0.361 e. The van der Waals surface area contributed by atoms with Crippen LogP contribution in [0.5, 0.6) is 0 Å². The van der Waals surface area contributed by atoms with Crippen molar-refractivity contribution in [3.05, 3.63) is 0 Å². The molecule has 5 nitrogen and oxygen atoms in total. The molecule has 0 aromatic carbocycles. The molecule has 0 rings (SSSR count). The lowest BCUT2D eigenvalue weighted by molar-refractivity contribution is 0.247. The number of hydrazine groups is 1. The SMILES string of the molecule is CSCCCNC(=S)NNC(N)=O. The quantitative estimate of drug-likeness (QED) is 0.301. The van der Waals surface area contributed by atoms with Gasteiger partial charge in [-0.1, -0.05) is 0 Å². The average molecular weight is 222 g/mol. The van der Waals surface area contributed by atoms with Gasteiger partial charge in [0.2, 0.25) is 0 Å². The Balaban J connectivity index is 3.25. The average Bonchev–Trinajstić information content (AvgIpc) is 2.09. The van der Waals surface area contributed by atoms with Crippen LogP contribution in [0.25, 0.3) is 0 Å². The molecule has 0 fully saturated rings. The fraction of sp³-hybridized carbons (Fsp3) is 0.667. The van der Waals surface area contributed by atoms with Gasteiger partial charge in [0.15, 0.2) is 5.11 Å². The molecule has 76 valence electrons. The lowest BCUT2D eigenvalue weighted by Crippen LogP contribution is -2.48. The second-order valence-electron chi connectivity index (χ2n) is 2.22. The van der Waals surface area contributed by atoms with Gasteiger partial charge in [-0.25, -0.2) is 10.2 Å². The van der Waals surface area contributed by atoms with Gasteiger partial charge in [-0.15, -0.1) is 0 Å². The summed E-state index contributed by atoms with van der Waals surface area (Å²) in [6.45, 7) is 0.785. The monoisotopic (exact) mass is 222 g/mol. The predicted octanol–water partition coefficient (Wildman–Crippen LogP) is -0.213. The van der Waals surface area contributed by atoms with E-state index in [1.807, 2.05) is 6.26 Å². The fourth-order valence-electron chi connectivity index (χ4n) is 0.581. The van der Waals surface area contributed by atoms with Gasteiger partial charge in [0.1, 0.15) is 0 Å². The van der Waals surface area contributed by atoms with E-state index in [1.54, 1.807) is 11.8 Å². The maximum atomic E-state index is 10.2. The maximum Gasteiger partial charge on any atom is 0.330 e. The van der Waals surface area contributed by atoms with E-state index in [9.17, 15) is 4.79 Å². The number of carbonyl (C=O) groups is 1. The highest BCUT2D eigenvalue weighted by Gasteiger charge is 1.94. The first kappa shape index (κ1) is 12.3. The second-order valence-corrected chi connectivity index (χ2v) is 3.61. The number of thiocarbonyl (C=S) groups is 1. The molecule has 0 aromatic rings. The van der Waals surface area contributed by atoms with E-state index in [2.05, 4.69) is 16.2 Å². The van der Waals surface area contributed by atoms with Crippen molar-refractivity contribution in [3.8, 4) is 0 Å². The third-order valence-electron chi connectivity index (χ3n) is 1.11. The molecule has 0 aliphatic carbocycles. The number of amides is 2. The van der Waals surface area contributed by atoms with Crippen LogP contribution in [0.4, 0.5) is 4.79 Å². The maximum absolute atomic E-state index is 10.2. The summed E-state index contributed by atoms with van der Waals surface area (Å²) in [6, 6.07) is -0.659. The topological polar surface area (TPSA) is 79.2 Å². The smallest absolute Gasteiger partial charge is 0.330 e. The van der Waals surface area contributed by atoms with Crippen LogP contribution >= 0.6 is 24.0 Å². The Hall–Kier alpha value is -0.690. The Morgan fingerprint density at radius 1 is 1.54 bits per heavy atom. The molecule has 0 saturated heterocycles. The number of hydrogen-bond donors (Lipinski definition) is 4. The summed E-state index contributed by atoms with van der Waals surface area (Å²) >= 11 is 6.60. The van der Waals surface area contributed by atoms with Gasteiger partial charge in [-0.05, 0) is 30.6 Å². The number of primary amides is 1. The Bertz CT molecular complexity index is 176. The summed E-state index contributed by atoms with van der Waals surface area (Å²) in [4.78, 5) is 10.2. The Morgan fingerprint density at radius 2 is 2.23 bits per heavy atom. The summed E-state index contributed by atoms with van der Waals surface area (Å²) in [7, 11) is 0. The normalized spacial score (nSPS) is 9.00. The predicted molar refractivity (Wildman–Crippen MR) is 59.5 cm³/mol. The Kier molecular flexibility index (Phi) is 7.51. The van der Waals surface area contributed by atoms with Crippen LogP contribution in [0.1, 0.15) is 6.42 Å². The zero-order valence-electron chi connectivity index (χ0n) is 7.42. The van der Waals surface area contributed by atoms with Gasteiger partial charge >= 0.3 is 6.03 Å². The molecule has 0 aliphatic heterocycles. The third kappa shape index (κ3) is 9.22. The summed E-state index contributed by atoms with van der Waals surface area (Å²) in [5, 5.41) is 3.28. The minimum absolute atomic E-state index is 0.375. The molecule has 0 saturated carbocycles. The highest BCUT2D eigenvalue weighted by molar-refractivity contribution is 7.98. The van der Waals surface area contributed by atoms with Gasteiger partial charge in [0.05, 0.1) is 0 Å². The van der Waals surface area contributed by atoms with Crippen LogP contribution in [-0.2, 0) is 0 Å². The van der Waals surface area contributed by atoms with Crippen molar-refractivity contribution < 1.29 is 4.79 Å². The van der Waals surface area contributed by atoms with Crippen LogP contribution in [0.15, 0.2) is 0 Å². The van der Waals surface area contributed by atoms with E-state index in [-0.39, 0.29) is 0 Å². The molecular formula is C6H14N4OS2. The van der Waals surface area contributed by atoms with Crippen LogP contribution in [0, 0.1) is 0 Å².